The summed E-state index contributed by atoms with van der Waals surface area (Å²) in [6, 6.07) is 0. The molecule has 0 atom stereocenters. The van der Waals surface area contributed by atoms with E-state index in [0.29, 0.717) is 50.2 Å². The van der Waals surface area contributed by atoms with Crippen molar-refractivity contribution in [2.45, 2.75) is 52.7 Å². The van der Waals surface area contributed by atoms with E-state index in [9.17, 15) is 4.79 Å². The minimum atomic E-state index is -0.0504. The number of ether oxygens (including phenoxy) is 1. The van der Waals surface area contributed by atoms with Crippen LogP contribution in [0.25, 0.3) is 0 Å². The van der Waals surface area contributed by atoms with Gasteiger partial charge in [-0.15, -0.1) is 0 Å². The molecule has 0 aromatic carbocycles. The molecule has 0 bridgehead atoms. The van der Waals surface area contributed by atoms with Gasteiger partial charge < -0.3 is 19.1 Å². The van der Waals surface area contributed by atoms with Crippen molar-refractivity contribution < 1.29 is 14.1 Å². The Morgan fingerprint density at radius 1 is 1.31 bits per heavy atom. The zero-order valence-electron chi connectivity index (χ0n) is 18.1. The van der Waals surface area contributed by atoms with Gasteiger partial charge in [-0.1, -0.05) is 5.16 Å². The van der Waals surface area contributed by atoms with Crippen molar-refractivity contribution in [2.24, 2.45) is 0 Å². The van der Waals surface area contributed by atoms with Gasteiger partial charge in [0.25, 0.3) is 5.91 Å². The number of nitrogens with zero attached hydrogens (tertiary/aromatic N) is 5. The van der Waals surface area contributed by atoms with Crippen LogP contribution in [0, 0.1) is 13.8 Å². The number of likely N-dealkylation sites (tertiary alicyclic amines) is 1. The minimum absolute atomic E-state index is 0.0504. The second kappa shape index (κ2) is 9.45. The van der Waals surface area contributed by atoms with E-state index in [-0.39, 0.29) is 5.91 Å². The Kier molecular flexibility index (Phi) is 6.97. The van der Waals surface area contributed by atoms with Crippen molar-refractivity contribution in [1.29, 1.82) is 0 Å². The quantitative estimate of drug-likeness (QED) is 0.705. The number of carbonyl (C=O) groups excluding carboxylic acids is 1. The van der Waals surface area contributed by atoms with Crippen LogP contribution < -0.4 is 0 Å². The smallest absolute Gasteiger partial charge is 0.276 e. The standard InChI is InChI=1S/C21H31N5O3/c1-6-28-13-17-11-22-15(3)23-19(17)16-7-9-26(10-8-16)21(27)20-18(12-25(4)5)14(2)29-24-20/h11,16H,6-10,12-13H2,1-5H3. The molecule has 0 aliphatic carbocycles. The summed E-state index contributed by atoms with van der Waals surface area (Å²) in [7, 11) is 3.94. The molecule has 0 radical (unpaired) electrons. The van der Waals surface area contributed by atoms with Crippen LogP contribution >= 0.6 is 0 Å². The first-order valence-electron chi connectivity index (χ1n) is 10.2. The summed E-state index contributed by atoms with van der Waals surface area (Å²) in [6.07, 6.45) is 3.60. The minimum Gasteiger partial charge on any atom is -0.377 e. The van der Waals surface area contributed by atoms with Crippen LogP contribution in [0.3, 0.4) is 0 Å². The molecule has 0 saturated carbocycles. The summed E-state index contributed by atoms with van der Waals surface area (Å²) in [6.45, 7) is 8.91. The average Bonchev–Trinajstić information content (AvgIpc) is 3.06. The molecule has 1 saturated heterocycles. The van der Waals surface area contributed by atoms with E-state index in [4.69, 9.17) is 14.2 Å². The molecule has 0 N–H and O–H groups in total. The maximum Gasteiger partial charge on any atom is 0.276 e. The van der Waals surface area contributed by atoms with Gasteiger partial charge in [-0.3, -0.25) is 4.79 Å². The zero-order chi connectivity index (χ0) is 21.0. The van der Waals surface area contributed by atoms with Crippen molar-refractivity contribution in [3.63, 3.8) is 0 Å². The van der Waals surface area contributed by atoms with Crippen LogP contribution in [0.4, 0.5) is 0 Å². The van der Waals surface area contributed by atoms with Gasteiger partial charge in [-0.25, -0.2) is 9.97 Å². The molecule has 158 valence electrons. The fraction of sp³-hybridized carbons (Fsp3) is 0.619. The molecule has 3 heterocycles. The highest BCUT2D eigenvalue weighted by atomic mass is 16.5. The predicted molar refractivity (Wildman–Crippen MR) is 109 cm³/mol. The first-order valence-corrected chi connectivity index (χ1v) is 10.2. The molecule has 1 aliphatic rings. The summed E-state index contributed by atoms with van der Waals surface area (Å²) < 4.78 is 10.9. The fourth-order valence-corrected chi connectivity index (χ4v) is 3.76. The van der Waals surface area contributed by atoms with Gasteiger partial charge in [0.2, 0.25) is 0 Å². The number of rotatable bonds is 7. The molecule has 1 aliphatic heterocycles. The first-order chi connectivity index (χ1) is 13.9. The van der Waals surface area contributed by atoms with E-state index < -0.39 is 0 Å². The highest BCUT2D eigenvalue weighted by Gasteiger charge is 2.30. The number of aromatic nitrogens is 3. The van der Waals surface area contributed by atoms with Crippen LogP contribution in [0.5, 0.6) is 0 Å². The van der Waals surface area contributed by atoms with E-state index in [2.05, 4.69) is 10.1 Å². The van der Waals surface area contributed by atoms with E-state index in [1.807, 2.05) is 50.9 Å². The van der Waals surface area contributed by atoms with Crippen molar-refractivity contribution in [3.8, 4) is 0 Å². The van der Waals surface area contributed by atoms with Gasteiger partial charge in [-0.2, -0.15) is 0 Å². The lowest BCUT2D eigenvalue weighted by Gasteiger charge is -2.32. The molecule has 2 aromatic rings. The van der Waals surface area contributed by atoms with Gasteiger partial charge in [0.05, 0.1) is 12.3 Å². The van der Waals surface area contributed by atoms with Crippen molar-refractivity contribution in [3.05, 3.63) is 40.3 Å². The number of piperidine rings is 1. The van der Waals surface area contributed by atoms with Crippen molar-refractivity contribution in [2.75, 3.05) is 33.8 Å². The molecule has 8 heteroatoms. The van der Waals surface area contributed by atoms with Gasteiger partial charge in [0, 0.05) is 49.5 Å². The molecular weight excluding hydrogens is 370 g/mol. The maximum absolute atomic E-state index is 13.1. The molecule has 0 spiro atoms. The van der Waals surface area contributed by atoms with Gasteiger partial charge in [-0.05, 0) is 47.7 Å². The third kappa shape index (κ3) is 5.00. The molecule has 3 rings (SSSR count). The Bertz CT molecular complexity index is 841. The number of amides is 1. The first kappa shape index (κ1) is 21.4. The monoisotopic (exact) mass is 401 g/mol. The summed E-state index contributed by atoms with van der Waals surface area (Å²) >= 11 is 0. The van der Waals surface area contributed by atoms with Crippen LogP contribution in [0.2, 0.25) is 0 Å². The second-order valence-electron chi connectivity index (χ2n) is 7.84. The fourth-order valence-electron chi connectivity index (χ4n) is 3.76. The van der Waals surface area contributed by atoms with Crippen LogP contribution in [-0.4, -0.2) is 64.6 Å². The van der Waals surface area contributed by atoms with Crippen molar-refractivity contribution in [1.82, 2.24) is 24.9 Å². The van der Waals surface area contributed by atoms with Crippen molar-refractivity contribution >= 4 is 5.91 Å². The SMILES string of the molecule is CCOCc1cnc(C)nc1C1CCN(C(=O)c2noc(C)c2CN(C)C)CC1. The lowest BCUT2D eigenvalue weighted by atomic mass is 9.90. The molecule has 1 amide bonds. The van der Waals surface area contributed by atoms with E-state index in [0.717, 1.165) is 35.5 Å². The Hall–Kier alpha value is -2.32. The Morgan fingerprint density at radius 3 is 2.69 bits per heavy atom. The van der Waals surface area contributed by atoms with Crippen LogP contribution in [0.1, 0.15) is 64.6 Å². The number of carbonyl (C=O) groups is 1. The highest BCUT2D eigenvalue weighted by Crippen LogP contribution is 2.30. The molecule has 0 unspecified atom stereocenters. The van der Waals surface area contributed by atoms with E-state index in [1.54, 1.807) is 0 Å². The lowest BCUT2D eigenvalue weighted by Crippen LogP contribution is -2.39. The third-order valence-electron chi connectivity index (χ3n) is 5.31. The Balaban J connectivity index is 1.70. The summed E-state index contributed by atoms with van der Waals surface area (Å²) in [5.74, 6) is 1.72. The maximum atomic E-state index is 13.1. The zero-order valence-corrected chi connectivity index (χ0v) is 18.1. The lowest BCUT2D eigenvalue weighted by molar-refractivity contribution is 0.0698. The second-order valence-corrected chi connectivity index (χ2v) is 7.84. The van der Waals surface area contributed by atoms with Gasteiger partial charge in [0.15, 0.2) is 5.69 Å². The normalized spacial score (nSPS) is 15.3. The molecular formula is C21H31N5O3. The van der Waals surface area contributed by atoms with Gasteiger partial charge >= 0.3 is 0 Å². The topological polar surface area (TPSA) is 84.6 Å². The molecule has 8 nitrogen and oxygen atoms in total. The van der Waals surface area contributed by atoms with E-state index in [1.165, 1.54) is 0 Å². The average molecular weight is 402 g/mol. The molecule has 2 aromatic heterocycles. The number of hydrogen-bond donors (Lipinski definition) is 0. The summed E-state index contributed by atoms with van der Waals surface area (Å²) in [5, 5.41) is 4.05. The summed E-state index contributed by atoms with van der Waals surface area (Å²) in [4.78, 5) is 26.0. The largest absolute Gasteiger partial charge is 0.377 e. The number of aryl methyl sites for hydroxylation is 2. The summed E-state index contributed by atoms with van der Waals surface area (Å²) in [5.41, 5.74) is 3.41. The predicted octanol–water partition coefficient (Wildman–Crippen LogP) is 2.70. The Morgan fingerprint density at radius 2 is 2.03 bits per heavy atom. The van der Waals surface area contributed by atoms with Crippen LogP contribution in [-0.2, 0) is 17.9 Å². The Labute approximate surface area is 172 Å². The van der Waals surface area contributed by atoms with Crippen LogP contribution in [0.15, 0.2) is 10.7 Å². The van der Waals surface area contributed by atoms with E-state index >= 15 is 0 Å². The third-order valence-corrected chi connectivity index (χ3v) is 5.31. The number of hydrogen-bond acceptors (Lipinski definition) is 7. The molecule has 1 fully saturated rings. The van der Waals surface area contributed by atoms with Gasteiger partial charge in [0.1, 0.15) is 11.6 Å². The molecule has 29 heavy (non-hydrogen) atoms. The highest BCUT2D eigenvalue weighted by molar-refractivity contribution is 5.93.